The Balaban J connectivity index is 1.64. The number of benzene rings is 2. The summed E-state index contributed by atoms with van der Waals surface area (Å²) in [5, 5.41) is 3.47. The number of halogens is 1. The summed E-state index contributed by atoms with van der Waals surface area (Å²) in [5.74, 6) is -0.199. The molecule has 0 spiro atoms. The van der Waals surface area contributed by atoms with Crippen molar-refractivity contribution in [3.05, 3.63) is 58.6 Å². The quantitative estimate of drug-likeness (QED) is 0.903. The molecule has 0 aromatic heterocycles. The van der Waals surface area contributed by atoms with Gasteiger partial charge in [0.25, 0.3) is 0 Å². The summed E-state index contributed by atoms with van der Waals surface area (Å²) < 4.78 is 0. The molecule has 0 aliphatic carbocycles. The van der Waals surface area contributed by atoms with Crippen LogP contribution in [-0.2, 0) is 4.79 Å². The Kier molecular flexibility index (Phi) is 4.95. The maximum absolute atomic E-state index is 12.6. The second kappa shape index (κ2) is 7.15. The molecule has 0 radical (unpaired) electrons. The monoisotopic (exact) mass is 357 g/mol. The molecule has 1 fully saturated rings. The number of aryl methyl sites for hydroxylation is 2. The highest BCUT2D eigenvalue weighted by atomic mass is 35.5. The Morgan fingerprint density at radius 2 is 1.96 bits per heavy atom. The first-order valence-electron chi connectivity index (χ1n) is 8.13. The van der Waals surface area contributed by atoms with E-state index in [0.29, 0.717) is 18.1 Å². The fourth-order valence-electron chi connectivity index (χ4n) is 2.85. The van der Waals surface area contributed by atoms with Crippen molar-refractivity contribution in [3.8, 4) is 0 Å². The molecule has 0 saturated carbocycles. The lowest BCUT2D eigenvalue weighted by atomic mass is 10.1. The average molecular weight is 358 g/mol. The van der Waals surface area contributed by atoms with Crippen molar-refractivity contribution >= 4 is 34.9 Å². The smallest absolute Gasteiger partial charge is 0.324 e. The molecule has 3 amide bonds. The second-order valence-corrected chi connectivity index (χ2v) is 6.64. The molecule has 1 aliphatic heterocycles. The van der Waals surface area contributed by atoms with Crippen LogP contribution in [0, 0.1) is 13.8 Å². The van der Waals surface area contributed by atoms with Gasteiger partial charge in [-0.05, 0) is 49.2 Å². The molecule has 6 heteroatoms. The fraction of sp³-hybridized carbons (Fsp3) is 0.263. The first-order chi connectivity index (χ1) is 11.9. The second-order valence-electron chi connectivity index (χ2n) is 6.20. The zero-order chi connectivity index (χ0) is 18.0. The van der Waals surface area contributed by atoms with Crippen LogP contribution in [0.25, 0.3) is 0 Å². The molecule has 2 aromatic carbocycles. The van der Waals surface area contributed by atoms with Gasteiger partial charge in [0, 0.05) is 29.5 Å². The van der Waals surface area contributed by atoms with Crippen LogP contribution in [0.1, 0.15) is 11.1 Å². The molecule has 25 heavy (non-hydrogen) atoms. The van der Waals surface area contributed by atoms with E-state index in [9.17, 15) is 9.59 Å². The molecule has 1 heterocycles. The van der Waals surface area contributed by atoms with Gasteiger partial charge in [0.05, 0.1) is 0 Å². The van der Waals surface area contributed by atoms with Gasteiger partial charge in [-0.3, -0.25) is 9.69 Å². The van der Waals surface area contributed by atoms with Gasteiger partial charge < -0.3 is 10.2 Å². The van der Waals surface area contributed by atoms with Gasteiger partial charge >= 0.3 is 6.03 Å². The zero-order valence-corrected chi connectivity index (χ0v) is 15.0. The Bertz CT molecular complexity index is 822. The summed E-state index contributed by atoms with van der Waals surface area (Å²) in [7, 11) is 0. The van der Waals surface area contributed by atoms with Crippen molar-refractivity contribution in [2.24, 2.45) is 0 Å². The molecule has 5 nitrogen and oxygen atoms in total. The maximum atomic E-state index is 12.6. The first-order valence-corrected chi connectivity index (χ1v) is 8.51. The number of hydrogen-bond acceptors (Lipinski definition) is 2. The summed E-state index contributed by atoms with van der Waals surface area (Å²) in [4.78, 5) is 28.1. The van der Waals surface area contributed by atoms with Gasteiger partial charge in [-0.15, -0.1) is 0 Å². The van der Waals surface area contributed by atoms with Crippen LogP contribution in [0.15, 0.2) is 42.5 Å². The summed E-state index contributed by atoms with van der Waals surface area (Å²) in [6, 6.07) is 12.9. The predicted octanol–water partition coefficient (Wildman–Crippen LogP) is 3.84. The molecule has 3 rings (SSSR count). The van der Waals surface area contributed by atoms with E-state index >= 15 is 0 Å². The number of urea groups is 1. The van der Waals surface area contributed by atoms with Gasteiger partial charge in [0.15, 0.2) is 0 Å². The third-order valence-electron chi connectivity index (χ3n) is 4.22. The number of carbonyl (C=O) groups excluding carboxylic acids is 2. The largest absolute Gasteiger partial charge is 0.325 e. The number of anilines is 2. The highest BCUT2D eigenvalue weighted by Gasteiger charge is 2.30. The number of nitrogens with one attached hydrogen (secondary N) is 1. The molecule has 1 aliphatic rings. The van der Waals surface area contributed by atoms with Gasteiger partial charge in [-0.2, -0.15) is 0 Å². The van der Waals surface area contributed by atoms with Crippen LogP contribution in [-0.4, -0.2) is 36.5 Å². The number of rotatable bonds is 4. The van der Waals surface area contributed by atoms with E-state index < -0.39 is 0 Å². The van der Waals surface area contributed by atoms with E-state index in [2.05, 4.69) is 5.32 Å². The van der Waals surface area contributed by atoms with Crippen molar-refractivity contribution in [2.45, 2.75) is 13.8 Å². The summed E-state index contributed by atoms with van der Waals surface area (Å²) in [6.45, 7) is 4.99. The molecular weight excluding hydrogens is 338 g/mol. The van der Waals surface area contributed by atoms with Gasteiger partial charge in [-0.25, -0.2) is 4.79 Å². The van der Waals surface area contributed by atoms with Crippen molar-refractivity contribution in [1.82, 2.24) is 4.90 Å². The number of nitrogens with zero attached hydrogens (tertiary/aromatic N) is 2. The van der Waals surface area contributed by atoms with Gasteiger partial charge in [0.1, 0.15) is 6.54 Å². The lowest BCUT2D eigenvalue weighted by Crippen LogP contribution is -2.37. The van der Waals surface area contributed by atoms with Crippen LogP contribution in [0.3, 0.4) is 0 Å². The zero-order valence-electron chi connectivity index (χ0n) is 14.3. The molecular formula is C19H20ClN3O2. The maximum Gasteiger partial charge on any atom is 0.325 e. The standard InChI is InChI=1S/C19H20ClN3O2/c1-13-6-7-14(2)17(10-13)21-18(24)12-22-8-9-23(19(22)25)16-5-3-4-15(20)11-16/h3-7,10-11H,8-9,12H2,1-2H3,(H,21,24). The fourth-order valence-corrected chi connectivity index (χ4v) is 3.03. The Labute approximate surface area is 152 Å². The van der Waals surface area contributed by atoms with Crippen LogP contribution in [0.4, 0.5) is 16.2 Å². The van der Waals surface area contributed by atoms with E-state index in [-0.39, 0.29) is 18.5 Å². The van der Waals surface area contributed by atoms with Gasteiger partial charge in [-0.1, -0.05) is 29.8 Å². The highest BCUT2D eigenvalue weighted by Crippen LogP contribution is 2.23. The number of hydrogen-bond donors (Lipinski definition) is 1. The minimum Gasteiger partial charge on any atom is -0.324 e. The van der Waals surface area contributed by atoms with E-state index in [4.69, 9.17) is 11.6 Å². The van der Waals surface area contributed by atoms with Crippen molar-refractivity contribution in [3.63, 3.8) is 0 Å². The molecule has 1 saturated heterocycles. The summed E-state index contributed by atoms with van der Waals surface area (Å²) >= 11 is 5.99. The van der Waals surface area contributed by atoms with E-state index in [1.54, 1.807) is 28.0 Å². The Hall–Kier alpha value is -2.53. The minimum atomic E-state index is -0.199. The molecule has 130 valence electrons. The Morgan fingerprint density at radius 1 is 1.16 bits per heavy atom. The molecule has 0 atom stereocenters. The van der Waals surface area contributed by atoms with Crippen LogP contribution < -0.4 is 10.2 Å². The van der Waals surface area contributed by atoms with Crippen molar-refractivity contribution in [1.29, 1.82) is 0 Å². The SMILES string of the molecule is Cc1ccc(C)c(NC(=O)CN2CCN(c3cccc(Cl)c3)C2=O)c1. The normalized spacial score (nSPS) is 14.1. The van der Waals surface area contributed by atoms with Crippen LogP contribution in [0.5, 0.6) is 0 Å². The molecule has 0 bridgehead atoms. The van der Waals surface area contributed by atoms with Gasteiger partial charge in [0.2, 0.25) is 5.91 Å². The van der Waals surface area contributed by atoms with E-state index in [0.717, 1.165) is 22.5 Å². The lowest BCUT2D eigenvalue weighted by molar-refractivity contribution is -0.116. The molecule has 1 N–H and O–H groups in total. The highest BCUT2D eigenvalue weighted by molar-refractivity contribution is 6.30. The van der Waals surface area contributed by atoms with Crippen LogP contribution >= 0.6 is 11.6 Å². The third-order valence-corrected chi connectivity index (χ3v) is 4.45. The van der Waals surface area contributed by atoms with E-state index in [1.807, 2.05) is 38.1 Å². The molecule has 0 unspecified atom stereocenters. The molecule has 2 aromatic rings. The average Bonchev–Trinajstić information content (AvgIpc) is 2.92. The first kappa shape index (κ1) is 17.3. The topological polar surface area (TPSA) is 52.7 Å². The number of amides is 3. The van der Waals surface area contributed by atoms with Crippen LogP contribution in [0.2, 0.25) is 5.02 Å². The predicted molar refractivity (Wildman–Crippen MR) is 100 cm³/mol. The third kappa shape index (κ3) is 3.94. The summed E-state index contributed by atoms with van der Waals surface area (Å²) in [5.41, 5.74) is 3.59. The number of carbonyl (C=O) groups is 2. The lowest BCUT2D eigenvalue weighted by Gasteiger charge is -2.19. The van der Waals surface area contributed by atoms with Crippen molar-refractivity contribution in [2.75, 3.05) is 29.9 Å². The minimum absolute atomic E-state index is 0.0310. The van der Waals surface area contributed by atoms with Crippen molar-refractivity contribution < 1.29 is 9.59 Å². The summed E-state index contributed by atoms with van der Waals surface area (Å²) in [6.07, 6.45) is 0. The Morgan fingerprint density at radius 3 is 2.72 bits per heavy atom. The van der Waals surface area contributed by atoms with E-state index in [1.165, 1.54) is 0 Å².